The zero-order valence-corrected chi connectivity index (χ0v) is 11.4. The summed E-state index contributed by atoms with van der Waals surface area (Å²) in [7, 11) is 0. The predicted octanol–water partition coefficient (Wildman–Crippen LogP) is 0.663. The number of aliphatic carboxylic acids is 1. The number of hydrogen-bond donors (Lipinski definition) is 1. The van der Waals surface area contributed by atoms with Gasteiger partial charge in [-0.3, -0.25) is 4.79 Å². The lowest BCUT2D eigenvalue weighted by Crippen LogP contribution is -2.31. The smallest absolute Gasteiger partial charge is 0.239 e. The number of carboxylic acids is 1. The highest BCUT2D eigenvalue weighted by Gasteiger charge is 2.30. The molecule has 1 aromatic carbocycles. The standard InChI is InChI=1S/C13H14N2O3S/c1-7-4-3-5-8(2)11(7)14-13-15-12(18)9(19-13)6-10(16)17/h3-5,9H,6H2,1-2H3,(H,16,17)(H,14,15,18)/p-1/t9-/m1/s1. The minimum absolute atomic E-state index is 0.303. The molecule has 0 unspecified atom stereocenters. The quantitative estimate of drug-likeness (QED) is 0.880. The lowest BCUT2D eigenvalue weighted by atomic mass is 10.1. The number of nitrogens with zero attached hydrogens (tertiary/aromatic N) is 1. The van der Waals surface area contributed by atoms with Gasteiger partial charge in [0.25, 0.3) is 0 Å². The number of carbonyl (C=O) groups is 2. The average molecular weight is 277 g/mol. The van der Waals surface area contributed by atoms with Crippen LogP contribution in [0.25, 0.3) is 0 Å². The number of hydrogen-bond acceptors (Lipinski definition) is 5. The van der Waals surface area contributed by atoms with Gasteiger partial charge in [0.2, 0.25) is 5.91 Å². The summed E-state index contributed by atoms with van der Waals surface area (Å²) >= 11 is 1.13. The Hall–Kier alpha value is -1.82. The third-order valence-electron chi connectivity index (χ3n) is 2.78. The summed E-state index contributed by atoms with van der Waals surface area (Å²) in [5, 5.41) is 12.9. The van der Waals surface area contributed by atoms with Crippen molar-refractivity contribution in [3.8, 4) is 0 Å². The van der Waals surface area contributed by atoms with E-state index >= 15 is 0 Å². The third-order valence-corrected chi connectivity index (χ3v) is 3.86. The highest BCUT2D eigenvalue weighted by molar-refractivity contribution is 8.15. The molecule has 1 heterocycles. The number of para-hydroxylation sites is 1. The molecule has 100 valence electrons. The summed E-state index contributed by atoms with van der Waals surface area (Å²) in [6, 6.07) is 5.81. The monoisotopic (exact) mass is 277 g/mol. The molecule has 0 radical (unpaired) electrons. The molecule has 1 aliphatic rings. The van der Waals surface area contributed by atoms with Crippen LogP contribution >= 0.6 is 11.8 Å². The molecule has 1 aliphatic heterocycles. The van der Waals surface area contributed by atoms with E-state index in [1.54, 1.807) is 0 Å². The predicted molar refractivity (Wildman–Crippen MR) is 72.2 cm³/mol. The number of aliphatic imine (C=N–C) groups is 1. The van der Waals surface area contributed by atoms with Crippen LogP contribution in [0.4, 0.5) is 5.69 Å². The first kappa shape index (κ1) is 13.6. The number of nitrogens with one attached hydrogen (secondary N) is 1. The fourth-order valence-electron chi connectivity index (χ4n) is 1.83. The van der Waals surface area contributed by atoms with E-state index in [0.717, 1.165) is 28.6 Å². The van der Waals surface area contributed by atoms with Gasteiger partial charge in [-0.25, -0.2) is 4.99 Å². The number of thioether (sulfide) groups is 1. The Balaban J connectivity index is 2.22. The average Bonchev–Trinajstić information content (AvgIpc) is 2.64. The van der Waals surface area contributed by atoms with Crippen LogP contribution in [0, 0.1) is 13.8 Å². The van der Waals surface area contributed by atoms with E-state index in [4.69, 9.17) is 0 Å². The Morgan fingerprint density at radius 3 is 2.63 bits per heavy atom. The van der Waals surface area contributed by atoms with Crippen LogP contribution in [0.3, 0.4) is 0 Å². The summed E-state index contributed by atoms with van der Waals surface area (Å²) in [6.07, 6.45) is -0.303. The van der Waals surface area contributed by atoms with E-state index in [-0.39, 0.29) is 12.3 Å². The van der Waals surface area contributed by atoms with Crippen LogP contribution in [0.2, 0.25) is 0 Å². The molecule has 6 heteroatoms. The van der Waals surface area contributed by atoms with Crippen molar-refractivity contribution in [1.82, 2.24) is 5.32 Å². The zero-order chi connectivity index (χ0) is 14.0. The molecule has 1 N–H and O–H groups in total. The Morgan fingerprint density at radius 1 is 1.42 bits per heavy atom. The second kappa shape index (κ2) is 5.44. The van der Waals surface area contributed by atoms with E-state index < -0.39 is 11.2 Å². The molecule has 0 bridgehead atoms. The first-order chi connectivity index (χ1) is 8.97. The number of carboxylic acid groups (broad SMARTS) is 1. The highest BCUT2D eigenvalue weighted by Crippen LogP contribution is 2.28. The van der Waals surface area contributed by atoms with Gasteiger partial charge in [0.1, 0.15) is 0 Å². The van der Waals surface area contributed by atoms with E-state index in [1.165, 1.54) is 0 Å². The van der Waals surface area contributed by atoms with E-state index in [2.05, 4.69) is 10.3 Å². The molecule has 0 saturated carbocycles. The molecule has 0 spiro atoms. The van der Waals surface area contributed by atoms with Gasteiger partial charge in [0.05, 0.1) is 10.9 Å². The first-order valence-electron chi connectivity index (χ1n) is 5.79. The van der Waals surface area contributed by atoms with E-state index in [1.807, 2.05) is 32.0 Å². The number of aryl methyl sites for hydroxylation is 2. The minimum atomic E-state index is -1.24. The number of rotatable bonds is 3. The summed E-state index contributed by atoms with van der Waals surface area (Å²) in [5.74, 6) is -1.57. The molecular formula is C13H13N2O3S-. The third kappa shape index (κ3) is 3.14. The van der Waals surface area contributed by atoms with Crippen LogP contribution in [-0.4, -0.2) is 22.3 Å². The van der Waals surface area contributed by atoms with Crippen molar-refractivity contribution in [2.75, 3.05) is 0 Å². The lowest BCUT2D eigenvalue weighted by molar-refractivity contribution is -0.305. The Morgan fingerprint density at radius 2 is 2.05 bits per heavy atom. The molecule has 5 nitrogen and oxygen atoms in total. The topological polar surface area (TPSA) is 81.6 Å². The molecular weight excluding hydrogens is 264 g/mol. The van der Waals surface area contributed by atoms with Crippen molar-refractivity contribution < 1.29 is 14.7 Å². The first-order valence-corrected chi connectivity index (χ1v) is 6.67. The fraction of sp³-hybridized carbons (Fsp3) is 0.308. The van der Waals surface area contributed by atoms with E-state index in [9.17, 15) is 14.7 Å². The molecule has 1 aromatic rings. The van der Waals surface area contributed by atoms with Crippen molar-refractivity contribution in [2.45, 2.75) is 25.5 Å². The van der Waals surface area contributed by atoms with Crippen molar-refractivity contribution in [3.05, 3.63) is 29.3 Å². The Bertz CT molecular complexity index is 549. The van der Waals surface area contributed by atoms with Crippen LogP contribution < -0.4 is 10.4 Å². The van der Waals surface area contributed by atoms with Gasteiger partial charge in [-0.05, 0) is 25.0 Å². The van der Waals surface area contributed by atoms with Crippen LogP contribution in [-0.2, 0) is 9.59 Å². The van der Waals surface area contributed by atoms with Gasteiger partial charge in [0, 0.05) is 12.4 Å². The fourth-order valence-corrected chi connectivity index (χ4v) is 2.79. The lowest BCUT2D eigenvalue weighted by Gasteiger charge is -2.05. The molecule has 0 aromatic heterocycles. The van der Waals surface area contributed by atoms with Gasteiger partial charge in [0.15, 0.2) is 5.17 Å². The molecule has 1 amide bonds. The van der Waals surface area contributed by atoms with Crippen molar-refractivity contribution in [1.29, 1.82) is 0 Å². The molecule has 1 atom stereocenters. The van der Waals surface area contributed by atoms with Gasteiger partial charge in [-0.15, -0.1) is 0 Å². The highest BCUT2D eigenvalue weighted by atomic mass is 32.2. The number of carbonyl (C=O) groups excluding carboxylic acids is 2. The minimum Gasteiger partial charge on any atom is -0.550 e. The van der Waals surface area contributed by atoms with Gasteiger partial charge in [-0.1, -0.05) is 30.0 Å². The summed E-state index contributed by atoms with van der Waals surface area (Å²) in [4.78, 5) is 26.5. The Labute approximate surface area is 115 Å². The molecule has 2 rings (SSSR count). The van der Waals surface area contributed by atoms with Crippen LogP contribution in [0.1, 0.15) is 17.5 Å². The second-order valence-electron chi connectivity index (χ2n) is 4.33. The van der Waals surface area contributed by atoms with Crippen LogP contribution in [0.15, 0.2) is 23.2 Å². The molecule has 0 aliphatic carbocycles. The van der Waals surface area contributed by atoms with Gasteiger partial charge in [-0.2, -0.15) is 0 Å². The van der Waals surface area contributed by atoms with Gasteiger partial charge < -0.3 is 15.2 Å². The number of amidine groups is 1. The molecule has 19 heavy (non-hydrogen) atoms. The molecule has 1 fully saturated rings. The number of benzene rings is 1. The van der Waals surface area contributed by atoms with Crippen LogP contribution in [0.5, 0.6) is 0 Å². The maximum absolute atomic E-state index is 11.6. The summed E-state index contributed by atoms with van der Waals surface area (Å²) < 4.78 is 0. The summed E-state index contributed by atoms with van der Waals surface area (Å²) in [6.45, 7) is 3.87. The van der Waals surface area contributed by atoms with E-state index in [0.29, 0.717) is 5.17 Å². The maximum Gasteiger partial charge on any atom is 0.239 e. The number of amides is 1. The zero-order valence-electron chi connectivity index (χ0n) is 10.6. The van der Waals surface area contributed by atoms with Crippen molar-refractivity contribution in [3.63, 3.8) is 0 Å². The maximum atomic E-state index is 11.6. The molecule has 1 saturated heterocycles. The summed E-state index contributed by atoms with van der Waals surface area (Å²) in [5.41, 5.74) is 2.82. The second-order valence-corrected chi connectivity index (χ2v) is 5.52. The Kier molecular flexibility index (Phi) is 3.90. The normalized spacial score (nSPS) is 20.6. The largest absolute Gasteiger partial charge is 0.550 e. The van der Waals surface area contributed by atoms with Crippen molar-refractivity contribution >= 4 is 34.5 Å². The van der Waals surface area contributed by atoms with Crippen molar-refractivity contribution in [2.24, 2.45) is 4.99 Å². The van der Waals surface area contributed by atoms with Gasteiger partial charge >= 0.3 is 0 Å². The SMILES string of the molecule is Cc1cccc(C)c1N=C1NC(=O)[C@@H](CC(=O)[O-])S1.